The summed E-state index contributed by atoms with van der Waals surface area (Å²) in [5, 5.41) is 20.5. The quantitative estimate of drug-likeness (QED) is 0.0817. The normalized spacial score (nSPS) is 22.8. The van der Waals surface area contributed by atoms with Gasteiger partial charge in [-0.2, -0.15) is 0 Å². The van der Waals surface area contributed by atoms with Gasteiger partial charge in [-0.25, -0.2) is 0 Å². The van der Waals surface area contributed by atoms with Crippen LogP contribution in [0.4, 0.5) is 11.4 Å². The van der Waals surface area contributed by atoms with Gasteiger partial charge < -0.3 is 29.0 Å². The van der Waals surface area contributed by atoms with Crippen LogP contribution in [0.2, 0.25) is 18.6 Å². The van der Waals surface area contributed by atoms with Crippen molar-refractivity contribution in [3.05, 3.63) is 126 Å². The maximum absolute atomic E-state index is 15.5. The van der Waals surface area contributed by atoms with E-state index in [1.54, 1.807) is 29.9 Å². The Morgan fingerprint density at radius 1 is 0.967 bits per heavy atom. The second kappa shape index (κ2) is 16.3. The number of aryl methyl sites for hydroxylation is 1. The third kappa shape index (κ3) is 7.15. The Hall–Kier alpha value is -5.83. The number of aliphatic hydroxyl groups excluding tert-OH is 1. The number of rotatable bonds is 14. The van der Waals surface area contributed by atoms with Crippen molar-refractivity contribution < 1.29 is 38.4 Å². The molecule has 14 heteroatoms. The summed E-state index contributed by atoms with van der Waals surface area (Å²) in [6.07, 6.45) is 1.56. The molecular formula is C46H51N5O8Si. The summed E-state index contributed by atoms with van der Waals surface area (Å²) < 4.78 is 25.8. The highest BCUT2D eigenvalue weighted by Gasteiger charge is 2.66. The van der Waals surface area contributed by atoms with E-state index in [0.29, 0.717) is 30.1 Å². The van der Waals surface area contributed by atoms with Gasteiger partial charge in [-0.05, 0) is 65.6 Å². The van der Waals surface area contributed by atoms with Crippen molar-refractivity contribution >= 4 is 42.4 Å². The number of fused-ring (bicyclic) bond motifs is 2. The predicted molar refractivity (Wildman–Crippen MR) is 228 cm³/mol. The number of aliphatic hydroxyl groups is 1. The number of ether oxygens (including phenoxy) is 4. The molecule has 13 nitrogen and oxygen atoms in total. The number of hydrogen-bond donors (Lipinski definition) is 1. The van der Waals surface area contributed by atoms with Gasteiger partial charge in [-0.1, -0.05) is 85.0 Å². The van der Waals surface area contributed by atoms with Gasteiger partial charge in [0.15, 0.2) is 11.8 Å². The van der Waals surface area contributed by atoms with Crippen LogP contribution < -0.4 is 24.5 Å². The molecule has 2 saturated heterocycles. The highest BCUT2D eigenvalue weighted by molar-refractivity contribution is 6.91. The van der Waals surface area contributed by atoms with Gasteiger partial charge in [-0.3, -0.25) is 24.0 Å². The molecule has 0 saturated carbocycles. The van der Waals surface area contributed by atoms with Crippen LogP contribution >= 0.6 is 0 Å². The number of aromatic nitrogens is 3. The number of hydrogen-bond acceptors (Lipinski definition) is 10. The molecule has 1 spiro atoms. The van der Waals surface area contributed by atoms with Crippen molar-refractivity contribution in [3.63, 3.8) is 0 Å². The smallest absolute Gasteiger partial charge is 0.304 e. The molecule has 0 radical (unpaired) electrons. The van der Waals surface area contributed by atoms with E-state index in [0.717, 1.165) is 28.1 Å². The van der Waals surface area contributed by atoms with Crippen LogP contribution in [-0.4, -0.2) is 79.1 Å². The maximum atomic E-state index is 15.5. The van der Waals surface area contributed by atoms with Gasteiger partial charge in [0.05, 0.1) is 65.3 Å². The van der Waals surface area contributed by atoms with Gasteiger partial charge in [-0.15, -0.1) is 5.10 Å². The molecule has 5 aromatic rings. The fourth-order valence-corrected chi connectivity index (χ4v) is 13.8. The molecule has 0 aliphatic carbocycles. The summed E-state index contributed by atoms with van der Waals surface area (Å²) in [6.45, 7) is 8.77. The molecule has 8 rings (SSSR count). The number of esters is 1. The molecule has 60 heavy (non-hydrogen) atoms. The van der Waals surface area contributed by atoms with Crippen LogP contribution in [0.3, 0.4) is 0 Å². The zero-order chi connectivity index (χ0) is 42.3. The van der Waals surface area contributed by atoms with E-state index < -0.39 is 25.9 Å². The Kier molecular flexibility index (Phi) is 11.1. The molecule has 3 aliphatic heterocycles. The number of β-lactam (4-membered cyclic amide) rings is 1. The van der Waals surface area contributed by atoms with Gasteiger partial charge in [0, 0.05) is 36.8 Å². The average molecular weight is 830 g/mol. The van der Waals surface area contributed by atoms with Crippen molar-refractivity contribution in [1.82, 2.24) is 15.0 Å². The van der Waals surface area contributed by atoms with Crippen molar-refractivity contribution in [3.8, 4) is 11.5 Å². The minimum Gasteiger partial charge on any atom is -0.497 e. The van der Waals surface area contributed by atoms with Gasteiger partial charge in [0.1, 0.15) is 11.5 Å². The lowest BCUT2D eigenvalue weighted by Gasteiger charge is -2.39. The monoisotopic (exact) mass is 829 g/mol. The van der Waals surface area contributed by atoms with Gasteiger partial charge in [0.25, 0.3) is 5.91 Å². The molecule has 1 N–H and O–H groups in total. The lowest BCUT2D eigenvalue weighted by Crippen LogP contribution is -2.54. The summed E-state index contributed by atoms with van der Waals surface area (Å²) in [5.41, 5.74) is 3.16. The molecule has 1 aromatic heterocycles. The number of carbonyl (C=O) groups excluding carboxylic acids is 3. The first-order chi connectivity index (χ1) is 28.9. The molecule has 312 valence electrons. The van der Waals surface area contributed by atoms with Crippen molar-refractivity contribution in [2.75, 3.05) is 30.6 Å². The summed E-state index contributed by atoms with van der Waals surface area (Å²) in [6, 6.07) is 31.2. The molecule has 2 unspecified atom stereocenters. The Balaban J connectivity index is 1.15. The second-order valence-electron chi connectivity index (χ2n) is 16.5. The number of anilines is 2. The van der Waals surface area contributed by atoms with E-state index in [1.165, 1.54) is 17.0 Å². The summed E-state index contributed by atoms with van der Waals surface area (Å²) in [4.78, 5) is 43.2. The van der Waals surface area contributed by atoms with Crippen LogP contribution in [0, 0.1) is 5.92 Å². The van der Waals surface area contributed by atoms with E-state index in [-0.39, 0.29) is 54.9 Å². The minimum absolute atomic E-state index is 0.0229. The third-order valence-electron chi connectivity index (χ3n) is 12.7. The van der Waals surface area contributed by atoms with E-state index in [1.807, 2.05) is 85.1 Å². The molecule has 2 fully saturated rings. The van der Waals surface area contributed by atoms with Crippen molar-refractivity contribution in [2.24, 2.45) is 5.92 Å². The standard InChI is InChI=1S/C46H51N5O8Si/c1-29-44(60(5,6)36-18-15-34(56-3)16-19-36)41(21-22-49-27-39(47-48-49)37(28-52)32-12-8-7-9-13-32)59-46(29)38-24-35(57-4)17-20-40(38)50(45(46)55)26-31-11-10-14-33(23-31)51-42(54)25-43(51)58-30(2)53/h7-20,23-24,27,29,37,41,43-44,52H,21-22,25-26,28H2,1-6H3/t29-,37?,41+,43?,44-,46+/m1/s1. The number of amides is 2. The largest absolute Gasteiger partial charge is 0.497 e. The third-order valence-corrected chi connectivity index (χ3v) is 17.1. The lowest BCUT2D eigenvalue weighted by atomic mass is 9.82. The van der Waals surface area contributed by atoms with Crippen molar-refractivity contribution in [1.29, 1.82) is 0 Å². The number of methoxy groups -OCH3 is 2. The fourth-order valence-electron chi connectivity index (χ4n) is 9.71. The Morgan fingerprint density at radius 3 is 2.38 bits per heavy atom. The average Bonchev–Trinajstić information content (AvgIpc) is 3.90. The van der Waals surface area contributed by atoms with Crippen molar-refractivity contribution in [2.45, 2.75) is 82.3 Å². The highest BCUT2D eigenvalue weighted by atomic mass is 28.3. The van der Waals surface area contributed by atoms with E-state index in [2.05, 4.69) is 42.5 Å². The Morgan fingerprint density at radius 2 is 1.70 bits per heavy atom. The maximum Gasteiger partial charge on any atom is 0.304 e. The SMILES string of the molecule is COc1ccc([Si](C)(C)[C@H]2[C@H](CCn3cc(C(CO)c4ccccc4)nn3)O[C@@]3(C(=O)N(Cc4cccc(N5C(=O)CC5OC(C)=O)c4)c4ccc(OC)cc43)[C@@H]2C)cc1. The molecular weight excluding hydrogens is 779 g/mol. The lowest BCUT2D eigenvalue weighted by molar-refractivity contribution is -0.154. The van der Waals surface area contributed by atoms with Crippen LogP contribution in [0.1, 0.15) is 55.0 Å². The highest BCUT2D eigenvalue weighted by Crippen LogP contribution is 2.60. The summed E-state index contributed by atoms with van der Waals surface area (Å²) >= 11 is 0. The molecule has 0 bridgehead atoms. The molecule has 4 heterocycles. The molecule has 3 aliphatic rings. The van der Waals surface area contributed by atoms with Crippen LogP contribution in [-0.2, 0) is 42.5 Å². The fraction of sp³-hybridized carbons (Fsp3) is 0.370. The first-order valence-corrected chi connectivity index (χ1v) is 23.4. The zero-order valence-electron chi connectivity index (χ0n) is 34.8. The number of nitrogens with zero attached hydrogens (tertiary/aromatic N) is 5. The van der Waals surface area contributed by atoms with Crippen LogP contribution in [0.5, 0.6) is 11.5 Å². The predicted octanol–water partition coefficient (Wildman–Crippen LogP) is 5.90. The van der Waals surface area contributed by atoms with E-state index in [9.17, 15) is 14.7 Å². The van der Waals surface area contributed by atoms with Crippen LogP contribution in [0.25, 0.3) is 0 Å². The molecule has 6 atom stereocenters. The molecule has 4 aromatic carbocycles. The zero-order valence-corrected chi connectivity index (χ0v) is 35.8. The first kappa shape index (κ1) is 40.9. The summed E-state index contributed by atoms with van der Waals surface area (Å²) in [5.74, 6) is 0.0600. The van der Waals surface area contributed by atoms with E-state index >= 15 is 4.79 Å². The number of benzene rings is 4. The second-order valence-corrected chi connectivity index (χ2v) is 21.2. The van der Waals surface area contributed by atoms with Crippen LogP contribution in [0.15, 0.2) is 103 Å². The Bertz CT molecular complexity index is 2390. The minimum atomic E-state index is -2.45. The topological polar surface area (TPSA) is 146 Å². The van der Waals surface area contributed by atoms with Gasteiger partial charge in [0.2, 0.25) is 5.91 Å². The number of carbonyl (C=O) groups is 3. The summed E-state index contributed by atoms with van der Waals surface area (Å²) in [7, 11) is 0.826. The van der Waals surface area contributed by atoms with Gasteiger partial charge >= 0.3 is 5.97 Å². The van der Waals surface area contributed by atoms with E-state index in [4.69, 9.17) is 18.9 Å². The Labute approximate surface area is 350 Å². The first-order valence-electron chi connectivity index (χ1n) is 20.4. The molecule has 2 amide bonds.